The molecule has 2 aromatic rings. The second kappa shape index (κ2) is 7.97. The molecule has 0 atom stereocenters. The first-order chi connectivity index (χ1) is 11.0. The van der Waals surface area contributed by atoms with Crippen LogP contribution < -0.4 is 14.8 Å². The smallest absolute Gasteiger partial charge is 0.261 e. The molecule has 2 rings (SSSR count). The van der Waals surface area contributed by atoms with E-state index in [1.807, 2.05) is 31.2 Å². The molecule has 0 aliphatic carbocycles. The number of ether oxygens (including phenoxy) is 2. The molecule has 0 heterocycles. The minimum absolute atomic E-state index is 0.348. The van der Waals surface area contributed by atoms with Gasteiger partial charge in [0.05, 0.1) is 0 Å². The van der Waals surface area contributed by atoms with Crippen molar-refractivity contribution in [1.82, 2.24) is 5.32 Å². The van der Waals surface area contributed by atoms with E-state index < -0.39 is 0 Å². The molecule has 0 aliphatic heterocycles. The van der Waals surface area contributed by atoms with Crippen molar-refractivity contribution in [3.63, 3.8) is 0 Å². The largest absolute Gasteiger partial charge is 0.488 e. The van der Waals surface area contributed by atoms with Crippen molar-refractivity contribution in [2.24, 2.45) is 0 Å². The van der Waals surface area contributed by atoms with E-state index in [0.717, 1.165) is 34.6 Å². The van der Waals surface area contributed by atoms with Crippen molar-refractivity contribution in [1.29, 1.82) is 0 Å². The molecular formula is C19H23NO2S. The van der Waals surface area contributed by atoms with Gasteiger partial charge in [0.25, 0.3) is 5.17 Å². The fourth-order valence-corrected chi connectivity index (χ4v) is 2.44. The van der Waals surface area contributed by atoms with Crippen molar-refractivity contribution < 1.29 is 9.47 Å². The molecule has 0 unspecified atom stereocenters. The fraction of sp³-hybridized carbons (Fsp3) is 0.316. The zero-order chi connectivity index (χ0) is 16.8. The molecule has 0 radical (unpaired) electrons. The summed E-state index contributed by atoms with van der Waals surface area (Å²) in [6, 6.07) is 12.2. The lowest BCUT2D eigenvalue weighted by Gasteiger charge is -2.16. The van der Waals surface area contributed by atoms with Gasteiger partial charge in [0.15, 0.2) is 0 Å². The summed E-state index contributed by atoms with van der Waals surface area (Å²) in [5, 5.41) is 3.17. The molecule has 0 aliphatic rings. The molecule has 122 valence electrons. The highest BCUT2D eigenvalue weighted by molar-refractivity contribution is 7.80. The van der Waals surface area contributed by atoms with Crippen molar-refractivity contribution in [3.8, 4) is 11.5 Å². The van der Waals surface area contributed by atoms with E-state index in [0.29, 0.717) is 11.8 Å². The van der Waals surface area contributed by atoms with Gasteiger partial charge < -0.3 is 14.8 Å². The first-order valence-corrected chi connectivity index (χ1v) is 8.16. The predicted molar refractivity (Wildman–Crippen MR) is 98.4 cm³/mol. The van der Waals surface area contributed by atoms with Gasteiger partial charge >= 0.3 is 0 Å². The number of nitrogens with one attached hydrogen (secondary N) is 1. The van der Waals surface area contributed by atoms with Gasteiger partial charge in [0, 0.05) is 12.6 Å². The maximum Gasteiger partial charge on any atom is 0.261 e. The summed E-state index contributed by atoms with van der Waals surface area (Å²) in [5.74, 6) is 1.62. The Labute approximate surface area is 143 Å². The maximum atomic E-state index is 6.02. The Hall–Kier alpha value is -2.07. The molecule has 0 saturated heterocycles. The van der Waals surface area contributed by atoms with E-state index in [2.05, 4.69) is 31.3 Å². The molecule has 0 amide bonds. The Morgan fingerprint density at radius 2 is 1.87 bits per heavy atom. The number of rotatable bonds is 5. The minimum atomic E-state index is 0.348. The fourth-order valence-electron chi connectivity index (χ4n) is 2.35. The number of aryl methyl sites for hydroxylation is 3. The van der Waals surface area contributed by atoms with Crippen LogP contribution in [0.15, 0.2) is 36.4 Å². The van der Waals surface area contributed by atoms with Crippen LogP contribution in [0.1, 0.15) is 29.2 Å². The highest BCUT2D eigenvalue weighted by Gasteiger charge is 2.10. The lowest BCUT2D eigenvalue weighted by molar-refractivity contribution is 0.299. The van der Waals surface area contributed by atoms with E-state index in [1.165, 1.54) is 5.56 Å². The minimum Gasteiger partial charge on any atom is -0.488 e. The maximum absolute atomic E-state index is 6.02. The number of hydrogen-bond acceptors (Lipinski definition) is 3. The third-order valence-electron chi connectivity index (χ3n) is 3.79. The van der Waals surface area contributed by atoms with Crippen LogP contribution in [0.4, 0.5) is 0 Å². The predicted octanol–water partition coefficient (Wildman–Crippen LogP) is 4.33. The van der Waals surface area contributed by atoms with Crippen LogP contribution in [-0.4, -0.2) is 12.2 Å². The molecule has 1 N–H and O–H groups in total. The molecule has 3 nitrogen and oxygen atoms in total. The van der Waals surface area contributed by atoms with Crippen LogP contribution >= 0.6 is 12.2 Å². The lowest BCUT2D eigenvalue weighted by Crippen LogP contribution is -2.22. The summed E-state index contributed by atoms with van der Waals surface area (Å²) in [6.45, 7) is 6.71. The van der Waals surface area contributed by atoms with Crippen molar-refractivity contribution in [2.45, 2.75) is 33.8 Å². The van der Waals surface area contributed by atoms with Crippen molar-refractivity contribution >= 4 is 17.4 Å². The molecule has 0 bridgehead atoms. The average Bonchev–Trinajstić information content (AvgIpc) is 2.55. The molecule has 0 aromatic heterocycles. The van der Waals surface area contributed by atoms with Crippen molar-refractivity contribution in [2.75, 3.05) is 7.05 Å². The summed E-state index contributed by atoms with van der Waals surface area (Å²) in [6.07, 6.45) is 1.03. The zero-order valence-corrected chi connectivity index (χ0v) is 14.9. The van der Waals surface area contributed by atoms with Crippen LogP contribution in [0.3, 0.4) is 0 Å². The summed E-state index contributed by atoms with van der Waals surface area (Å²) < 4.78 is 11.7. The molecular weight excluding hydrogens is 306 g/mol. The van der Waals surface area contributed by atoms with E-state index in [4.69, 9.17) is 21.7 Å². The topological polar surface area (TPSA) is 30.5 Å². The summed E-state index contributed by atoms with van der Waals surface area (Å²) >= 11 is 5.09. The van der Waals surface area contributed by atoms with Crippen LogP contribution in [0.25, 0.3) is 0 Å². The Kier molecular flexibility index (Phi) is 5.99. The van der Waals surface area contributed by atoms with E-state index in [-0.39, 0.29) is 0 Å². The second-order valence-electron chi connectivity index (χ2n) is 5.43. The first-order valence-electron chi connectivity index (χ1n) is 7.75. The molecule has 4 heteroatoms. The van der Waals surface area contributed by atoms with Crippen molar-refractivity contribution in [3.05, 3.63) is 58.7 Å². The number of thiocarbonyl (C=S) groups is 1. The van der Waals surface area contributed by atoms with E-state index >= 15 is 0 Å². The molecule has 23 heavy (non-hydrogen) atoms. The summed E-state index contributed by atoms with van der Waals surface area (Å²) in [5.41, 5.74) is 4.58. The molecule has 0 spiro atoms. The summed E-state index contributed by atoms with van der Waals surface area (Å²) in [7, 11) is 1.74. The van der Waals surface area contributed by atoms with Gasteiger partial charge in [-0.2, -0.15) is 0 Å². The average molecular weight is 329 g/mol. The Morgan fingerprint density at radius 1 is 1.09 bits per heavy atom. The Bertz CT molecular complexity index is 698. The van der Waals surface area contributed by atoms with Crippen LogP contribution in [0.5, 0.6) is 11.5 Å². The summed E-state index contributed by atoms with van der Waals surface area (Å²) in [4.78, 5) is 0. The normalized spacial score (nSPS) is 10.3. The van der Waals surface area contributed by atoms with Crippen LogP contribution in [0, 0.1) is 13.8 Å². The van der Waals surface area contributed by atoms with Gasteiger partial charge in [0.1, 0.15) is 18.1 Å². The Balaban J connectivity index is 2.18. The van der Waals surface area contributed by atoms with Gasteiger partial charge in [-0.15, -0.1) is 0 Å². The zero-order valence-electron chi connectivity index (χ0n) is 14.1. The SMILES string of the molecule is CCc1ccc(OCc2c(C)cccc2OC(=S)NC)c(C)c1. The highest BCUT2D eigenvalue weighted by atomic mass is 32.1. The van der Waals surface area contributed by atoms with Crippen LogP contribution in [-0.2, 0) is 13.0 Å². The third kappa shape index (κ3) is 4.45. The van der Waals surface area contributed by atoms with E-state index in [1.54, 1.807) is 7.05 Å². The Morgan fingerprint density at radius 3 is 2.52 bits per heavy atom. The van der Waals surface area contributed by atoms with Crippen LogP contribution in [0.2, 0.25) is 0 Å². The molecule has 0 saturated carbocycles. The van der Waals surface area contributed by atoms with Gasteiger partial charge in [-0.25, -0.2) is 0 Å². The van der Waals surface area contributed by atoms with Gasteiger partial charge in [-0.05, 0) is 61.3 Å². The lowest BCUT2D eigenvalue weighted by atomic mass is 10.1. The van der Waals surface area contributed by atoms with E-state index in [9.17, 15) is 0 Å². The molecule has 0 fully saturated rings. The van der Waals surface area contributed by atoms with Gasteiger partial charge in [-0.3, -0.25) is 0 Å². The first kappa shape index (κ1) is 17.3. The highest BCUT2D eigenvalue weighted by Crippen LogP contribution is 2.26. The number of hydrogen-bond donors (Lipinski definition) is 1. The van der Waals surface area contributed by atoms with Gasteiger partial charge in [-0.1, -0.05) is 31.2 Å². The van der Waals surface area contributed by atoms with Gasteiger partial charge in [0.2, 0.25) is 0 Å². The molecule has 2 aromatic carbocycles. The number of benzene rings is 2. The second-order valence-corrected chi connectivity index (χ2v) is 5.80. The standard InChI is InChI=1S/C19H23NO2S/c1-5-15-9-10-17(14(3)11-15)21-12-16-13(2)7-6-8-18(16)22-19(23)20-4/h6-11H,5,12H2,1-4H3,(H,20,23). The third-order valence-corrected chi connectivity index (χ3v) is 4.08. The monoisotopic (exact) mass is 329 g/mol. The quantitative estimate of drug-likeness (QED) is 0.827.